The number of alkyl halides is 1. The Morgan fingerprint density at radius 2 is 2.22 bits per heavy atom. The predicted molar refractivity (Wildman–Crippen MR) is 36.3 cm³/mol. The average molecular weight is 171 g/mol. The molecule has 0 fully saturated rings. The third-order valence-electron chi connectivity index (χ3n) is 0.916. The van der Waals surface area contributed by atoms with Gasteiger partial charge in [-0.25, -0.2) is 0 Å². The van der Waals surface area contributed by atoms with Crippen LogP contribution in [-0.2, 0) is 13.9 Å². The molecule has 0 amide bonds. The second-order valence-corrected chi connectivity index (χ2v) is 4.38. The Hall–Kier alpha value is 0.150. The lowest BCUT2D eigenvalue weighted by Crippen LogP contribution is -2.00. The van der Waals surface area contributed by atoms with E-state index in [-0.39, 0.29) is 5.88 Å². The van der Waals surface area contributed by atoms with Gasteiger partial charge in [0.1, 0.15) is 0 Å². The molecule has 0 aliphatic rings. The van der Waals surface area contributed by atoms with Crippen molar-refractivity contribution in [2.45, 2.75) is 0 Å². The molecule has 1 unspecified atom stereocenters. The maximum Gasteiger partial charge on any atom is 0.264 e. The highest BCUT2D eigenvalue weighted by molar-refractivity contribution is 7.75. The summed E-state index contributed by atoms with van der Waals surface area (Å²) in [6.45, 7) is 1.25. The van der Waals surface area contributed by atoms with Gasteiger partial charge in [-0.1, -0.05) is 0 Å². The third-order valence-corrected chi connectivity index (χ3v) is 3.11. The van der Waals surface area contributed by atoms with E-state index in [1.807, 2.05) is 0 Å². The molecule has 9 heavy (non-hydrogen) atoms. The van der Waals surface area contributed by atoms with Gasteiger partial charge in [0.25, 0.3) is 7.37 Å². The van der Waals surface area contributed by atoms with Crippen LogP contribution < -0.4 is 0 Å². The first-order valence-electron chi connectivity index (χ1n) is 2.27. The van der Waals surface area contributed by atoms with Crippen LogP contribution >= 0.6 is 19.0 Å². The molecule has 0 aromatic rings. The van der Waals surface area contributed by atoms with Gasteiger partial charge in [-0.15, -0.1) is 11.6 Å². The fourth-order valence-electron chi connectivity index (χ4n) is 0.210. The van der Waals surface area contributed by atoms with Crippen LogP contribution in [0.1, 0.15) is 0 Å². The second kappa shape index (κ2) is 3.35. The maximum atomic E-state index is 10.9. The number of carbonyl (C=O) groups is 1. The Labute approximate surface area is 58.8 Å². The van der Waals surface area contributed by atoms with Crippen molar-refractivity contribution in [2.24, 2.45) is 0 Å². The molecule has 0 aliphatic carbocycles. The van der Waals surface area contributed by atoms with Gasteiger partial charge in [0, 0.05) is 13.8 Å². The molecule has 0 saturated carbocycles. The first kappa shape index (κ1) is 9.15. The molecule has 0 radical (unpaired) electrons. The molecule has 5 heteroatoms. The van der Waals surface area contributed by atoms with Crippen LogP contribution in [0.2, 0.25) is 0 Å². The molecule has 1 atom stereocenters. The van der Waals surface area contributed by atoms with Gasteiger partial charge in [0.2, 0.25) is 5.52 Å². The van der Waals surface area contributed by atoms with Crippen LogP contribution in [0.3, 0.4) is 0 Å². The summed E-state index contributed by atoms with van der Waals surface area (Å²) in [6, 6.07) is 0. The van der Waals surface area contributed by atoms with Gasteiger partial charge in [-0.3, -0.25) is 9.36 Å². The van der Waals surface area contributed by atoms with Crippen molar-refractivity contribution in [3.63, 3.8) is 0 Å². The van der Waals surface area contributed by atoms with E-state index in [1.165, 1.54) is 13.8 Å². The highest BCUT2D eigenvalue weighted by atomic mass is 35.5. The molecule has 0 aromatic carbocycles. The minimum atomic E-state index is -3.04. The highest BCUT2D eigenvalue weighted by Gasteiger charge is 2.23. The van der Waals surface area contributed by atoms with Crippen LogP contribution in [0.15, 0.2) is 0 Å². The quantitative estimate of drug-likeness (QED) is 0.474. The lowest BCUT2D eigenvalue weighted by molar-refractivity contribution is -0.110. The van der Waals surface area contributed by atoms with E-state index >= 15 is 0 Å². The Morgan fingerprint density at radius 1 is 1.78 bits per heavy atom. The van der Waals surface area contributed by atoms with Gasteiger partial charge in [-0.05, 0) is 0 Å². The molecule has 0 aliphatic heterocycles. The van der Waals surface area contributed by atoms with Gasteiger partial charge in [0.05, 0.1) is 5.88 Å². The van der Waals surface area contributed by atoms with Gasteiger partial charge in [-0.2, -0.15) is 0 Å². The molecule has 0 bridgehead atoms. The molecule has 0 spiro atoms. The summed E-state index contributed by atoms with van der Waals surface area (Å²) < 4.78 is 15.3. The van der Waals surface area contributed by atoms with E-state index in [4.69, 9.17) is 11.6 Å². The van der Waals surface area contributed by atoms with Crippen LogP contribution in [-0.4, -0.2) is 25.2 Å². The van der Waals surface area contributed by atoms with Crippen molar-refractivity contribution in [1.29, 1.82) is 0 Å². The summed E-state index contributed by atoms with van der Waals surface area (Å²) >= 11 is 5.11. The molecule has 0 aromatic heterocycles. The SMILES string of the molecule is COP(C)(=O)C(=O)CCl. The molecule has 54 valence electrons. The first-order valence-corrected chi connectivity index (χ1v) is 4.88. The number of carbonyl (C=O) groups excluding carboxylic acids is 1. The Kier molecular flexibility index (Phi) is 3.41. The zero-order chi connectivity index (χ0) is 7.49. The lowest BCUT2D eigenvalue weighted by atomic mass is 10.9. The van der Waals surface area contributed by atoms with E-state index in [2.05, 4.69) is 4.52 Å². The number of halogens is 1. The van der Waals surface area contributed by atoms with Crippen LogP contribution in [0.5, 0.6) is 0 Å². The topological polar surface area (TPSA) is 43.4 Å². The van der Waals surface area contributed by atoms with Crippen molar-refractivity contribution in [1.82, 2.24) is 0 Å². The minimum Gasteiger partial charge on any atom is -0.327 e. The smallest absolute Gasteiger partial charge is 0.264 e. The standard InChI is InChI=1S/C4H8ClO3P/c1-8-9(2,7)4(6)3-5/h3H2,1-2H3. The maximum absolute atomic E-state index is 10.9. The molecular weight excluding hydrogens is 162 g/mol. The van der Waals surface area contributed by atoms with Crippen molar-refractivity contribution >= 4 is 24.5 Å². The fraction of sp³-hybridized carbons (Fsp3) is 0.750. The monoisotopic (exact) mass is 170 g/mol. The summed E-state index contributed by atoms with van der Waals surface area (Å²) in [5.74, 6) is -0.248. The van der Waals surface area contributed by atoms with Crippen molar-refractivity contribution < 1.29 is 13.9 Å². The Bertz CT molecular complexity index is 156. The number of hydrogen-bond donors (Lipinski definition) is 0. The average Bonchev–Trinajstić information content (AvgIpc) is 1.86. The number of rotatable bonds is 3. The normalized spacial score (nSPS) is 16.8. The molecular formula is C4H8ClO3P. The van der Waals surface area contributed by atoms with Gasteiger partial charge in [0.15, 0.2) is 0 Å². The van der Waals surface area contributed by atoms with Crippen molar-refractivity contribution in [2.75, 3.05) is 19.7 Å². The Balaban J connectivity index is 4.16. The molecule has 3 nitrogen and oxygen atoms in total. The van der Waals surface area contributed by atoms with E-state index < -0.39 is 12.9 Å². The summed E-state index contributed by atoms with van der Waals surface area (Å²) in [5.41, 5.74) is -0.535. The zero-order valence-corrected chi connectivity index (χ0v) is 6.91. The Morgan fingerprint density at radius 3 is 2.33 bits per heavy atom. The third kappa shape index (κ3) is 2.48. The highest BCUT2D eigenvalue weighted by Crippen LogP contribution is 2.42. The lowest BCUT2D eigenvalue weighted by Gasteiger charge is -2.04. The summed E-state index contributed by atoms with van der Waals surface area (Å²) in [7, 11) is -1.81. The van der Waals surface area contributed by atoms with E-state index in [0.717, 1.165) is 0 Å². The molecule has 0 saturated heterocycles. The van der Waals surface area contributed by atoms with E-state index in [0.29, 0.717) is 0 Å². The van der Waals surface area contributed by atoms with Gasteiger partial charge < -0.3 is 4.52 Å². The largest absolute Gasteiger partial charge is 0.327 e. The van der Waals surface area contributed by atoms with Crippen molar-refractivity contribution in [3.05, 3.63) is 0 Å². The molecule has 0 heterocycles. The van der Waals surface area contributed by atoms with Crippen LogP contribution in [0.4, 0.5) is 0 Å². The fourth-order valence-corrected chi connectivity index (χ4v) is 1.28. The van der Waals surface area contributed by atoms with Crippen molar-refractivity contribution in [3.8, 4) is 0 Å². The van der Waals surface area contributed by atoms with E-state index in [1.54, 1.807) is 0 Å². The number of hydrogen-bond acceptors (Lipinski definition) is 3. The summed E-state index contributed by atoms with van der Waals surface area (Å²) in [5, 5.41) is 0. The van der Waals surface area contributed by atoms with Crippen LogP contribution in [0, 0.1) is 0 Å². The second-order valence-electron chi connectivity index (χ2n) is 1.56. The zero-order valence-electron chi connectivity index (χ0n) is 5.26. The van der Waals surface area contributed by atoms with Gasteiger partial charge >= 0.3 is 0 Å². The molecule has 0 N–H and O–H groups in total. The van der Waals surface area contributed by atoms with E-state index in [9.17, 15) is 9.36 Å². The first-order chi connectivity index (χ1) is 4.04. The van der Waals surface area contributed by atoms with Crippen LogP contribution in [0.25, 0.3) is 0 Å². The molecule has 0 rings (SSSR count). The minimum absolute atomic E-state index is 0.248. The summed E-state index contributed by atoms with van der Waals surface area (Å²) in [4.78, 5) is 10.5. The predicted octanol–water partition coefficient (Wildman–Crippen LogP) is 1.31. The summed E-state index contributed by atoms with van der Waals surface area (Å²) in [6.07, 6.45) is 0.